The Bertz CT molecular complexity index is 717. The van der Waals surface area contributed by atoms with Crippen molar-refractivity contribution in [3.8, 4) is 5.75 Å². The predicted molar refractivity (Wildman–Crippen MR) is 90.4 cm³/mol. The number of halogens is 1. The van der Waals surface area contributed by atoms with Crippen LogP contribution in [0.3, 0.4) is 0 Å². The van der Waals surface area contributed by atoms with Gasteiger partial charge in [-0.15, -0.1) is 0 Å². The third kappa shape index (κ3) is 4.83. The van der Waals surface area contributed by atoms with Gasteiger partial charge >= 0.3 is 5.97 Å². The number of nitrogens with two attached hydrogens (primary N) is 1. The second-order valence-electron chi connectivity index (χ2n) is 4.20. The lowest BCUT2D eigenvalue weighted by molar-refractivity contribution is 0.0735. The van der Waals surface area contributed by atoms with Crippen molar-refractivity contribution in [2.24, 2.45) is 10.8 Å². The predicted octanol–water partition coefficient (Wildman–Crippen LogP) is 2.73. The standard InChI is InChI=1S/C15H12ClN3O2S/c16-12-3-1-2-11(8-12)14(20)21-13-6-4-10(5-7-13)9-18-19-15(17)22/h1-9H,(H3,17,19,22)/b18-9-. The van der Waals surface area contributed by atoms with Crippen LogP contribution in [0.5, 0.6) is 5.75 Å². The van der Waals surface area contributed by atoms with Crippen molar-refractivity contribution >= 4 is 41.1 Å². The summed E-state index contributed by atoms with van der Waals surface area (Å²) < 4.78 is 5.25. The highest BCUT2D eigenvalue weighted by molar-refractivity contribution is 7.80. The molecule has 0 aromatic heterocycles. The summed E-state index contributed by atoms with van der Waals surface area (Å²) in [6, 6.07) is 13.4. The Labute approximate surface area is 137 Å². The summed E-state index contributed by atoms with van der Waals surface area (Å²) in [6.07, 6.45) is 1.54. The first-order valence-corrected chi connectivity index (χ1v) is 6.99. The van der Waals surface area contributed by atoms with Crippen molar-refractivity contribution < 1.29 is 9.53 Å². The summed E-state index contributed by atoms with van der Waals surface area (Å²) in [5.41, 5.74) is 8.87. The number of esters is 1. The van der Waals surface area contributed by atoms with Gasteiger partial charge in [-0.2, -0.15) is 5.10 Å². The molecule has 0 amide bonds. The molecule has 0 aliphatic carbocycles. The van der Waals surface area contributed by atoms with E-state index in [-0.39, 0.29) is 5.11 Å². The zero-order valence-corrected chi connectivity index (χ0v) is 12.9. The van der Waals surface area contributed by atoms with E-state index >= 15 is 0 Å². The maximum absolute atomic E-state index is 12.0. The molecule has 0 bridgehead atoms. The first-order valence-electron chi connectivity index (χ1n) is 6.21. The lowest BCUT2D eigenvalue weighted by atomic mass is 10.2. The number of nitrogens with zero attached hydrogens (tertiary/aromatic N) is 1. The van der Waals surface area contributed by atoms with Gasteiger partial charge in [0, 0.05) is 5.02 Å². The Morgan fingerprint density at radius 1 is 1.27 bits per heavy atom. The summed E-state index contributed by atoms with van der Waals surface area (Å²) in [5.74, 6) is -0.0523. The molecule has 5 nitrogen and oxygen atoms in total. The highest BCUT2D eigenvalue weighted by atomic mass is 35.5. The Hall–Kier alpha value is -2.44. The van der Waals surface area contributed by atoms with Gasteiger partial charge in [-0.1, -0.05) is 17.7 Å². The zero-order chi connectivity index (χ0) is 15.9. The van der Waals surface area contributed by atoms with E-state index in [0.717, 1.165) is 5.56 Å². The van der Waals surface area contributed by atoms with Crippen LogP contribution in [0.1, 0.15) is 15.9 Å². The highest BCUT2D eigenvalue weighted by Crippen LogP contribution is 2.16. The smallest absolute Gasteiger partial charge is 0.343 e. The SMILES string of the molecule is NC(=S)N/N=C\c1ccc(OC(=O)c2cccc(Cl)c2)cc1. The van der Waals surface area contributed by atoms with E-state index in [1.807, 2.05) is 0 Å². The molecule has 0 unspecified atom stereocenters. The Morgan fingerprint density at radius 3 is 2.64 bits per heavy atom. The van der Waals surface area contributed by atoms with Gasteiger partial charge in [-0.25, -0.2) is 4.79 Å². The number of ether oxygens (including phenoxy) is 1. The topological polar surface area (TPSA) is 76.7 Å². The number of carbonyl (C=O) groups excluding carboxylic acids is 1. The molecule has 0 saturated heterocycles. The second kappa shape index (κ2) is 7.53. The zero-order valence-electron chi connectivity index (χ0n) is 11.3. The number of nitrogens with one attached hydrogen (secondary N) is 1. The molecule has 0 aliphatic heterocycles. The monoisotopic (exact) mass is 333 g/mol. The quantitative estimate of drug-likeness (QED) is 0.296. The van der Waals surface area contributed by atoms with Crippen LogP contribution in [0, 0.1) is 0 Å². The van der Waals surface area contributed by atoms with Crippen LogP contribution < -0.4 is 15.9 Å². The van der Waals surface area contributed by atoms with Gasteiger partial charge in [0.25, 0.3) is 0 Å². The molecule has 7 heteroatoms. The van der Waals surface area contributed by atoms with Gasteiger partial charge in [0.15, 0.2) is 5.11 Å². The van der Waals surface area contributed by atoms with Crippen molar-refractivity contribution in [2.75, 3.05) is 0 Å². The first-order chi connectivity index (χ1) is 10.5. The average Bonchev–Trinajstić information content (AvgIpc) is 2.48. The normalized spacial score (nSPS) is 10.4. The lowest BCUT2D eigenvalue weighted by Gasteiger charge is -2.05. The van der Waals surface area contributed by atoms with Gasteiger partial charge in [0.05, 0.1) is 11.8 Å². The van der Waals surface area contributed by atoms with Gasteiger partial charge in [-0.3, -0.25) is 5.43 Å². The van der Waals surface area contributed by atoms with Gasteiger partial charge in [0.2, 0.25) is 0 Å². The second-order valence-corrected chi connectivity index (χ2v) is 5.08. The van der Waals surface area contributed by atoms with Crippen LogP contribution in [0.2, 0.25) is 5.02 Å². The molecule has 0 radical (unpaired) electrons. The molecule has 22 heavy (non-hydrogen) atoms. The minimum Gasteiger partial charge on any atom is -0.423 e. The number of hydrogen-bond donors (Lipinski definition) is 2. The van der Waals surface area contributed by atoms with Gasteiger partial charge in [-0.05, 0) is 60.2 Å². The molecule has 0 saturated carbocycles. The van der Waals surface area contributed by atoms with E-state index in [2.05, 4.69) is 22.7 Å². The Kier molecular flexibility index (Phi) is 5.46. The minimum absolute atomic E-state index is 0.0864. The summed E-state index contributed by atoms with van der Waals surface area (Å²) in [7, 11) is 0. The Morgan fingerprint density at radius 2 is 2.00 bits per heavy atom. The maximum atomic E-state index is 12.0. The van der Waals surface area contributed by atoms with Crippen molar-refractivity contribution in [1.82, 2.24) is 5.43 Å². The van der Waals surface area contributed by atoms with Crippen molar-refractivity contribution in [2.45, 2.75) is 0 Å². The third-order valence-electron chi connectivity index (χ3n) is 2.54. The molecule has 0 atom stereocenters. The molecule has 2 rings (SSSR count). The first kappa shape index (κ1) is 15.9. The summed E-state index contributed by atoms with van der Waals surface area (Å²) >= 11 is 10.5. The van der Waals surface area contributed by atoms with Crippen LogP contribution in [0.4, 0.5) is 0 Å². The van der Waals surface area contributed by atoms with E-state index in [1.54, 1.807) is 54.7 Å². The van der Waals surface area contributed by atoms with Gasteiger partial charge < -0.3 is 10.5 Å². The minimum atomic E-state index is -0.473. The molecule has 0 spiro atoms. The number of hydrazone groups is 1. The third-order valence-corrected chi connectivity index (χ3v) is 2.87. The molecule has 112 valence electrons. The fourth-order valence-electron chi connectivity index (χ4n) is 1.57. The van der Waals surface area contributed by atoms with E-state index in [1.165, 1.54) is 0 Å². The molecule has 0 fully saturated rings. The molecule has 0 aliphatic rings. The summed E-state index contributed by atoms with van der Waals surface area (Å²) in [5, 5.41) is 4.39. The molecule has 0 heterocycles. The van der Waals surface area contributed by atoms with Crippen molar-refractivity contribution in [1.29, 1.82) is 0 Å². The maximum Gasteiger partial charge on any atom is 0.343 e. The number of thiocarbonyl (C=S) groups is 1. The molecular formula is C15H12ClN3O2S. The summed E-state index contributed by atoms with van der Waals surface area (Å²) in [6.45, 7) is 0. The fraction of sp³-hybridized carbons (Fsp3) is 0. The largest absolute Gasteiger partial charge is 0.423 e. The fourth-order valence-corrected chi connectivity index (χ4v) is 1.82. The number of hydrogen-bond acceptors (Lipinski definition) is 4. The van der Waals surface area contributed by atoms with Gasteiger partial charge in [0.1, 0.15) is 5.75 Å². The summed E-state index contributed by atoms with van der Waals surface area (Å²) in [4.78, 5) is 12.0. The van der Waals surface area contributed by atoms with Crippen LogP contribution in [0.15, 0.2) is 53.6 Å². The number of rotatable bonds is 4. The molecule has 3 N–H and O–H groups in total. The van der Waals surface area contributed by atoms with Crippen LogP contribution in [-0.2, 0) is 0 Å². The van der Waals surface area contributed by atoms with Crippen molar-refractivity contribution in [3.63, 3.8) is 0 Å². The molecular weight excluding hydrogens is 322 g/mol. The number of carbonyl (C=O) groups is 1. The van der Waals surface area contributed by atoms with Crippen molar-refractivity contribution in [3.05, 3.63) is 64.7 Å². The number of benzene rings is 2. The van der Waals surface area contributed by atoms with Crippen LogP contribution in [0.25, 0.3) is 0 Å². The highest BCUT2D eigenvalue weighted by Gasteiger charge is 2.08. The van der Waals surface area contributed by atoms with Crippen LogP contribution in [-0.4, -0.2) is 17.3 Å². The van der Waals surface area contributed by atoms with E-state index in [4.69, 9.17) is 22.1 Å². The van der Waals surface area contributed by atoms with Crippen LogP contribution >= 0.6 is 23.8 Å². The average molecular weight is 334 g/mol. The molecule has 2 aromatic rings. The lowest BCUT2D eigenvalue weighted by Crippen LogP contribution is -2.23. The van der Waals surface area contributed by atoms with E-state index < -0.39 is 5.97 Å². The Balaban J connectivity index is 2.00. The van der Waals surface area contributed by atoms with E-state index in [9.17, 15) is 4.79 Å². The van der Waals surface area contributed by atoms with E-state index in [0.29, 0.717) is 16.3 Å². The molecule has 2 aromatic carbocycles.